The van der Waals surface area contributed by atoms with Gasteiger partial charge in [-0.2, -0.15) is 0 Å². The first-order valence-corrected chi connectivity index (χ1v) is 23.4. The van der Waals surface area contributed by atoms with Gasteiger partial charge >= 0.3 is 0 Å². The maximum Gasteiger partial charge on any atom is 0.214 e. The van der Waals surface area contributed by atoms with E-state index in [0.29, 0.717) is 19.1 Å². The summed E-state index contributed by atoms with van der Waals surface area (Å²) in [7, 11) is -6.83. The molecule has 1 aliphatic carbocycles. The highest BCUT2D eigenvalue weighted by atomic mass is 32.2. The number of sulfonamides is 1. The second-order valence-corrected chi connectivity index (χ2v) is 27.4. The van der Waals surface area contributed by atoms with Gasteiger partial charge in [-0.15, -0.1) is 0 Å². The molecular formula is C32H63N3O4SSi2. The monoisotopic (exact) mass is 641 g/mol. The fraction of sp³-hybridized carbons (Fsp3) is 0.812. The molecule has 1 aliphatic rings. The van der Waals surface area contributed by atoms with Crippen LogP contribution in [0.5, 0.6) is 0 Å². The lowest BCUT2D eigenvalue weighted by Crippen LogP contribution is -2.44. The van der Waals surface area contributed by atoms with Crippen molar-refractivity contribution in [3.8, 4) is 0 Å². The summed E-state index contributed by atoms with van der Waals surface area (Å²) < 4.78 is 40.4. The largest absolute Gasteiger partial charge is 0.415 e. The highest BCUT2D eigenvalue weighted by Crippen LogP contribution is 2.37. The van der Waals surface area contributed by atoms with Gasteiger partial charge in [0.1, 0.15) is 0 Å². The summed E-state index contributed by atoms with van der Waals surface area (Å²) in [6, 6.07) is 8.83. The predicted molar refractivity (Wildman–Crippen MR) is 186 cm³/mol. The smallest absolute Gasteiger partial charge is 0.214 e. The number of hydrogen-bond acceptors (Lipinski definition) is 6. The van der Waals surface area contributed by atoms with Crippen molar-refractivity contribution >= 4 is 38.0 Å². The van der Waals surface area contributed by atoms with Crippen LogP contribution >= 0.6 is 0 Å². The molecule has 0 atom stereocenters. The topological polar surface area (TPSA) is 79.9 Å². The van der Waals surface area contributed by atoms with E-state index in [-0.39, 0.29) is 21.4 Å². The summed E-state index contributed by atoms with van der Waals surface area (Å²) in [5, 5.41) is 3.63. The number of benzene rings is 1. The van der Waals surface area contributed by atoms with E-state index in [0.717, 1.165) is 51.0 Å². The third-order valence-electron chi connectivity index (χ3n) is 9.89. The molecule has 0 bridgehead atoms. The lowest BCUT2D eigenvalue weighted by atomic mass is 9.86. The van der Waals surface area contributed by atoms with Gasteiger partial charge < -0.3 is 19.1 Å². The normalized spacial score (nSPS) is 19.3. The molecule has 42 heavy (non-hydrogen) atoms. The lowest BCUT2D eigenvalue weighted by molar-refractivity contribution is 0.276. The van der Waals surface area contributed by atoms with E-state index in [1.165, 1.54) is 5.69 Å². The van der Waals surface area contributed by atoms with E-state index in [1.54, 1.807) is 13.8 Å². The Bertz CT molecular complexity index is 1020. The van der Waals surface area contributed by atoms with E-state index >= 15 is 0 Å². The van der Waals surface area contributed by atoms with E-state index < -0.39 is 26.7 Å². The molecule has 1 saturated carbocycles. The van der Waals surface area contributed by atoms with E-state index in [9.17, 15) is 8.42 Å². The molecule has 0 saturated heterocycles. The summed E-state index contributed by atoms with van der Waals surface area (Å²) >= 11 is 0. The predicted octanol–water partition coefficient (Wildman–Crippen LogP) is 7.84. The maximum absolute atomic E-state index is 12.2. The molecule has 2 N–H and O–H groups in total. The minimum Gasteiger partial charge on any atom is -0.415 e. The Morgan fingerprint density at radius 3 is 1.69 bits per heavy atom. The van der Waals surface area contributed by atoms with Crippen LogP contribution in [-0.2, 0) is 18.9 Å². The van der Waals surface area contributed by atoms with Crippen LogP contribution in [0.1, 0.15) is 81.1 Å². The van der Waals surface area contributed by atoms with E-state index in [1.807, 2.05) is 0 Å². The molecule has 1 fully saturated rings. The average molecular weight is 642 g/mol. The van der Waals surface area contributed by atoms with Crippen LogP contribution in [0.4, 0.5) is 11.4 Å². The van der Waals surface area contributed by atoms with Gasteiger partial charge in [0.2, 0.25) is 10.0 Å². The molecule has 0 radical (unpaired) electrons. The first-order valence-electron chi connectivity index (χ1n) is 16.0. The van der Waals surface area contributed by atoms with Gasteiger partial charge in [0.25, 0.3) is 0 Å². The molecule has 0 aliphatic heterocycles. The third-order valence-corrected chi connectivity index (χ3v) is 20.9. The second-order valence-electron chi connectivity index (χ2n) is 15.6. The van der Waals surface area contributed by atoms with E-state index in [4.69, 9.17) is 8.85 Å². The van der Waals surface area contributed by atoms with Crippen LogP contribution in [0.2, 0.25) is 36.3 Å². The number of nitrogens with one attached hydrogen (secondary N) is 2. The Hall–Kier alpha value is -0.916. The van der Waals surface area contributed by atoms with Crippen molar-refractivity contribution in [2.24, 2.45) is 5.92 Å². The zero-order valence-electron chi connectivity index (χ0n) is 28.9. The number of nitrogens with zero attached hydrogens (tertiary/aromatic N) is 1. The Balaban J connectivity index is 1.97. The molecule has 0 unspecified atom stereocenters. The highest BCUT2D eigenvalue weighted by molar-refractivity contribution is 7.90. The molecule has 0 amide bonds. The van der Waals surface area contributed by atoms with Gasteiger partial charge in [0.15, 0.2) is 16.6 Å². The van der Waals surface area contributed by atoms with Gasteiger partial charge in [-0.05, 0) is 106 Å². The van der Waals surface area contributed by atoms with Crippen molar-refractivity contribution in [2.75, 3.05) is 43.1 Å². The fourth-order valence-corrected chi connectivity index (χ4v) is 7.57. The SMILES string of the molecule is CC(C)S(=O)(=O)NC1CCC(CNc2ccc(N(CCO[Si](C)(C)C(C)(C)C)CCO[Si](C)(C)C(C)(C)C)cc2)CC1. The van der Waals surface area contributed by atoms with Crippen LogP contribution in [0.3, 0.4) is 0 Å². The highest BCUT2D eigenvalue weighted by Gasteiger charge is 2.38. The van der Waals surface area contributed by atoms with Crippen molar-refractivity contribution < 1.29 is 17.3 Å². The minimum absolute atomic E-state index is 0.0696. The summed E-state index contributed by atoms with van der Waals surface area (Å²) in [4.78, 5) is 2.41. The molecule has 244 valence electrons. The first kappa shape index (κ1) is 37.3. The van der Waals surface area contributed by atoms with Crippen LogP contribution in [0.25, 0.3) is 0 Å². The molecule has 1 aromatic rings. The summed E-state index contributed by atoms with van der Waals surface area (Å²) in [6.45, 7) is 30.5. The van der Waals surface area contributed by atoms with Gasteiger partial charge in [-0.1, -0.05) is 41.5 Å². The maximum atomic E-state index is 12.2. The summed E-state index contributed by atoms with van der Waals surface area (Å²) in [5.41, 5.74) is 2.31. The van der Waals surface area contributed by atoms with Gasteiger partial charge in [-0.25, -0.2) is 13.1 Å². The Labute approximate surface area is 261 Å². The molecule has 7 nitrogen and oxygen atoms in total. The number of anilines is 2. The molecule has 0 spiro atoms. The quantitative estimate of drug-likeness (QED) is 0.190. The van der Waals surface area contributed by atoms with E-state index in [2.05, 4.69) is 107 Å². The van der Waals surface area contributed by atoms with Crippen molar-refractivity contribution in [2.45, 2.75) is 129 Å². The summed E-state index contributed by atoms with van der Waals surface area (Å²) in [6.07, 6.45) is 3.87. The summed E-state index contributed by atoms with van der Waals surface area (Å²) in [5.74, 6) is 0.556. The Kier molecular flexibility index (Phi) is 13.2. The zero-order chi connectivity index (χ0) is 32.0. The number of rotatable bonds is 15. The van der Waals surface area contributed by atoms with Crippen molar-refractivity contribution in [1.82, 2.24) is 4.72 Å². The van der Waals surface area contributed by atoms with Crippen LogP contribution in [-0.4, -0.2) is 69.2 Å². The standard InChI is InChI=1S/C32H63N3O4SSi2/c1-26(2)40(36,37)34-29-15-13-27(14-16-29)25-33-28-17-19-30(20-18-28)35(21-23-38-41(9,10)31(3,4)5)22-24-39-42(11,12)32(6,7)8/h17-20,26-27,29,33-34H,13-16,21-25H2,1-12H3. The first-order chi connectivity index (χ1) is 19.1. The minimum atomic E-state index is -3.20. The molecule has 0 heterocycles. The zero-order valence-corrected chi connectivity index (χ0v) is 31.7. The van der Waals surface area contributed by atoms with Gasteiger partial charge in [-0.3, -0.25) is 0 Å². The molecule has 10 heteroatoms. The van der Waals surface area contributed by atoms with Gasteiger partial charge in [0, 0.05) is 37.1 Å². The average Bonchev–Trinajstić information content (AvgIpc) is 2.86. The number of hydrogen-bond donors (Lipinski definition) is 2. The van der Waals surface area contributed by atoms with Gasteiger partial charge in [0.05, 0.1) is 18.5 Å². The molecular weight excluding hydrogens is 579 g/mol. The van der Waals surface area contributed by atoms with Crippen LogP contribution in [0, 0.1) is 5.92 Å². The lowest BCUT2D eigenvalue weighted by Gasteiger charge is -2.38. The van der Waals surface area contributed by atoms with Crippen molar-refractivity contribution in [1.29, 1.82) is 0 Å². The molecule has 0 aromatic heterocycles. The second kappa shape index (κ2) is 14.9. The van der Waals surface area contributed by atoms with Crippen molar-refractivity contribution in [3.63, 3.8) is 0 Å². The fourth-order valence-electron chi connectivity index (χ4n) is 4.53. The van der Waals surface area contributed by atoms with Crippen molar-refractivity contribution in [3.05, 3.63) is 24.3 Å². The third kappa shape index (κ3) is 11.2. The molecule has 2 rings (SSSR count). The Morgan fingerprint density at radius 1 is 0.833 bits per heavy atom. The van der Waals surface area contributed by atoms with Crippen LogP contribution < -0.4 is 14.9 Å². The van der Waals surface area contributed by atoms with Crippen LogP contribution in [0.15, 0.2) is 24.3 Å². The Morgan fingerprint density at radius 2 is 1.29 bits per heavy atom. The molecule has 1 aromatic carbocycles.